The van der Waals surface area contributed by atoms with Crippen molar-refractivity contribution in [2.24, 2.45) is 5.92 Å². The molecule has 1 nitrogen and oxygen atoms in total. The van der Waals surface area contributed by atoms with E-state index in [4.69, 9.17) is 0 Å². The average molecular weight is 265 g/mol. The first-order valence-corrected chi connectivity index (χ1v) is 7.75. The molecule has 0 atom stereocenters. The number of rotatable bonds is 4. The van der Waals surface area contributed by atoms with Gasteiger partial charge in [-0.2, -0.15) is 0 Å². The molecule has 3 rings (SSSR count). The molecule has 0 aromatic heterocycles. The van der Waals surface area contributed by atoms with E-state index in [-0.39, 0.29) is 0 Å². The van der Waals surface area contributed by atoms with Gasteiger partial charge in [0.05, 0.1) is 0 Å². The Balaban J connectivity index is 1.47. The second-order valence-corrected chi connectivity index (χ2v) is 5.92. The minimum Gasteiger partial charge on any atom is -0.382 e. The molecule has 0 amide bonds. The lowest BCUT2D eigenvalue weighted by Gasteiger charge is -2.30. The lowest BCUT2D eigenvalue weighted by molar-refractivity contribution is 0.336. The van der Waals surface area contributed by atoms with Crippen molar-refractivity contribution in [2.75, 3.05) is 5.32 Å². The molecule has 1 aliphatic rings. The number of hydrogen-bond donors (Lipinski definition) is 1. The molecule has 0 unspecified atom stereocenters. The van der Waals surface area contributed by atoms with E-state index in [0.717, 1.165) is 5.92 Å². The SMILES string of the molecule is c1ccc(CC2CCC(Nc3ccccc3)CC2)cc1. The molecule has 0 radical (unpaired) electrons. The maximum Gasteiger partial charge on any atom is 0.0342 e. The maximum atomic E-state index is 3.67. The molecule has 20 heavy (non-hydrogen) atoms. The Kier molecular flexibility index (Phi) is 4.37. The van der Waals surface area contributed by atoms with E-state index in [0.29, 0.717) is 6.04 Å². The first-order chi connectivity index (χ1) is 9.90. The molecule has 0 aliphatic heterocycles. The summed E-state index contributed by atoms with van der Waals surface area (Å²) >= 11 is 0. The normalized spacial score (nSPS) is 22.4. The number of anilines is 1. The predicted molar refractivity (Wildman–Crippen MR) is 86.0 cm³/mol. The van der Waals surface area contributed by atoms with Gasteiger partial charge in [-0.05, 0) is 55.7 Å². The van der Waals surface area contributed by atoms with Crippen molar-refractivity contribution in [1.82, 2.24) is 0 Å². The highest BCUT2D eigenvalue weighted by Gasteiger charge is 2.21. The van der Waals surface area contributed by atoms with E-state index in [1.54, 1.807) is 0 Å². The fourth-order valence-corrected chi connectivity index (χ4v) is 3.23. The molecule has 0 saturated heterocycles. The van der Waals surface area contributed by atoms with Crippen molar-refractivity contribution < 1.29 is 0 Å². The van der Waals surface area contributed by atoms with Gasteiger partial charge in [-0.3, -0.25) is 0 Å². The zero-order chi connectivity index (χ0) is 13.6. The third kappa shape index (κ3) is 3.63. The summed E-state index contributed by atoms with van der Waals surface area (Å²) in [5, 5.41) is 3.67. The van der Waals surface area contributed by atoms with Crippen LogP contribution < -0.4 is 5.32 Å². The van der Waals surface area contributed by atoms with Crippen LogP contribution in [0.2, 0.25) is 0 Å². The van der Waals surface area contributed by atoms with Crippen LogP contribution >= 0.6 is 0 Å². The molecule has 0 spiro atoms. The van der Waals surface area contributed by atoms with Gasteiger partial charge in [0, 0.05) is 11.7 Å². The van der Waals surface area contributed by atoms with Gasteiger partial charge in [0.1, 0.15) is 0 Å². The standard InChI is InChI=1S/C19H23N/c1-3-7-16(8-4-1)15-17-11-13-19(14-12-17)20-18-9-5-2-6-10-18/h1-10,17,19-20H,11-15H2. The Hall–Kier alpha value is -1.76. The quantitative estimate of drug-likeness (QED) is 0.829. The third-order valence-electron chi connectivity index (χ3n) is 4.36. The van der Waals surface area contributed by atoms with Crippen molar-refractivity contribution >= 4 is 5.69 Å². The average Bonchev–Trinajstić information content (AvgIpc) is 2.51. The van der Waals surface area contributed by atoms with Gasteiger partial charge < -0.3 is 5.32 Å². The van der Waals surface area contributed by atoms with Gasteiger partial charge in [-0.25, -0.2) is 0 Å². The van der Waals surface area contributed by atoms with E-state index in [2.05, 4.69) is 66.0 Å². The fraction of sp³-hybridized carbons (Fsp3) is 0.368. The van der Waals surface area contributed by atoms with Gasteiger partial charge in [0.25, 0.3) is 0 Å². The van der Waals surface area contributed by atoms with Crippen LogP contribution in [-0.2, 0) is 6.42 Å². The molecule has 2 aromatic rings. The summed E-state index contributed by atoms with van der Waals surface area (Å²) < 4.78 is 0. The molecular formula is C19H23N. The summed E-state index contributed by atoms with van der Waals surface area (Å²) in [5.41, 5.74) is 2.76. The Bertz CT molecular complexity index is 448. The summed E-state index contributed by atoms with van der Waals surface area (Å²) in [7, 11) is 0. The van der Waals surface area contributed by atoms with Crippen LogP contribution in [0.1, 0.15) is 31.2 Å². The van der Waals surface area contributed by atoms with Crippen LogP contribution in [0, 0.1) is 5.92 Å². The second kappa shape index (κ2) is 6.60. The Morgan fingerprint density at radius 2 is 1.35 bits per heavy atom. The summed E-state index contributed by atoms with van der Waals surface area (Å²) in [6, 6.07) is 22.2. The zero-order valence-corrected chi connectivity index (χ0v) is 12.0. The van der Waals surface area contributed by atoms with Crippen molar-refractivity contribution in [3.05, 3.63) is 66.2 Å². The number of hydrogen-bond acceptors (Lipinski definition) is 1. The number of benzene rings is 2. The van der Waals surface area contributed by atoms with E-state index in [9.17, 15) is 0 Å². The van der Waals surface area contributed by atoms with Gasteiger partial charge in [0.15, 0.2) is 0 Å². The monoisotopic (exact) mass is 265 g/mol. The van der Waals surface area contributed by atoms with Crippen molar-refractivity contribution in [2.45, 2.75) is 38.1 Å². The summed E-state index contributed by atoms with van der Waals surface area (Å²) in [4.78, 5) is 0. The topological polar surface area (TPSA) is 12.0 Å². The van der Waals surface area contributed by atoms with Crippen LogP contribution in [-0.4, -0.2) is 6.04 Å². The highest BCUT2D eigenvalue weighted by Crippen LogP contribution is 2.29. The number of para-hydroxylation sites is 1. The second-order valence-electron chi connectivity index (χ2n) is 5.92. The van der Waals surface area contributed by atoms with E-state index >= 15 is 0 Å². The van der Waals surface area contributed by atoms with Gasteiger partial charge in [-0.15, -0.1) is 0 Å². The minimum absolute atomic E-state index is 0.657. The maximum absolute atomic E-state index is 3.67. The molecule has 2 aromatic carbocycles. The lowest BCUT2D eigenvalue weighted by Crippen LogP contribution is -2.26. The van der Waals surface area contributed by atoms with Crippen LogP contribution in [0.3, 0.4) is 0 Å². The first-order valence-electron chi connectivity index (χ1n) is 7.75. The smallest absolute Gasteiger partial charge is 0.0342 e. The van der Waals surface area contributed by atoms with Crippen LogP contribution in [0.15, 0.2) is 60.7 Å². The Morgan fingerprint density at radius 3 is 2.00 bits per heavy atom. The van der Waals surface area contributed by atoms with E-state index in [1.807, 2.05) is 0 Å². The van der Waals surface area contributed by atoms with E-state index in [1.165, 1.54) is 43.4 Å². The van der Waals surface area contributed by atoms with Crippen LogP contribution in [0.4, 0.5) is 5.69 Å². The number of nitrogens with one attached hydrogen (secondary N) is 1. The highest BCUT2D eigenvalue weighted by atomic mass is 14.9. The lowest BCUT2D eigenvalue weighted by atomic mass is 9.82. The summed E-state index contributed by atoms with van der Waals surface area (Å²) in [6.07, 6.45) is 6.54. The molecule has 1 heteroatoms. The molecular weight excluding hydrogens is 242 g/mol. The molecule has 1 N–H and O–H groups in total. The van der Waals surface area contributed by atoms with Gasteiger partial charge >= 0.3 is 0 Å². The van der Waals surface area contributed by atoms with E-state index < -0.39 is 0 Å². The van der Waals surface area contributed by atoms with Crippen molar-refractivity contribution in [3.63, 3.8) is 0 Å². The molecule has 0 bridgehead atoms. The summed E-state index contributed by atoms with van der Waals surface area (Å²) in [6.45, 7) is 0. The fourth-order valence-electron chi connectivity index (χ4n) is 3.23. The zero-order valence-electron chi connectivity index (χ0n) is 12.0. The third-order valence-corrected chi connectivity index (χ3v) is 4.36. The van der Waals surface area contributed by atoms with Crippen LogP contribution in [0.25, 0.3) is 0 Å². The van der Waals surface area contributed by atoms with Crippen LogP contribution in [0.5, 0.6) is 0 Å². The molecule has 1 saturated carbocycles. The van der Waals surface area contributed by atoms with Gasteiger partial charge in [0.2, 0.25) is 0 Å². The molecule has 1 aliphatic carbocycles. The largest absolute Gasteiger partial charge is 0.382 e. The van der Waals surface area contributed by atoms with Crippen molar-refractivity contribution in [1.29, 1.82) is 0 Å². The summed E-state index contributed by atoms with van der Waals surface area (Å²) in [5.74, 6) is 0.867. The minimum atomic E-state index is 0.657. The Labute approximate surface area is 122 Å². The molecule has 104 valence electrons. The van der Waals surface area contributed by atoms with Gasteiger partial charge in [-0.1, -0.05) is 48.5 Å². The van der Waals surface area contributed by atoms with Crippen molar-refractivity contribution in [3.8, 4) is 0 Å². The first kappa shape index (κ1) is 13.2. The highest BCUT2D eigenvalue weighted by molar-refractivity contribution is 5.43. The molecule has 1 fully saturated rings. The Morgan fingerprint density at radius 1 is 0.750 bits per heavy atom. The predicted octanol–water partition coefficient (Wildman–Crippen LogP) is 4.90. The molecule has 0 heterocycles.